The van der Waals surface area contributed by atoms with Gasteiger partial charge in [-0.3, -0.25) is 10.2 Å². The molecule has 40 heavy (non-hydrogen) atoms. The molecule has 0 radical (unpaired) electrons. The van der Waals surface area contributed by atoms with Gasteiger partial charge in [-0.25, -0.2) is 14.6 Å². The molecular formula is C31H47N5O4. The van der Waals surface area contributed by atoms with Gasteiger partial charge in [0.05, 0.1) is 0 Å². The third-order valence-corrected chi connectivity index (χ3v) is 6.41. The van der Waals surface area contributed by atoms with Crippen molar-refractivity contribution in [2.45, 2.75) is 78.0 Å². The Labute approximate surface area is 239 Å². The zero-order valence-corrected chi connectivity index (χ0v) is 25.0. The van der Waals surface area contributed by atoms with E-state index in [0.717, 1.165) is 51.1 Å². The number of hydrogen-bond acceptors (Lipinski definition) is 7. The second kappa shape index (κ2) is 14.5. The van der Waals surface area contributed by atoms with Gasteiger partial charge in [-0.2, -0.15) is 0 Å². The summed E-state index contributed by atoms with van der Waals surface area (Å²) in [6, 6.07) is 16.5. The van der Waals surface area contributed by atoms with Crippen LogP contribution < -0.4 is 16.0 Å². The molecule has 0 unspecified atom stereocenters. The Morgan fingerprint density at radius 2 is 1.60 bits per heavy atom. The van der Waals surface area contributed by atoms with Gasteiger partial charge < -0.3 is 20.1 Å². The lowest BCUT2D eigenvalue weighted by Crippen LogP contribution is -2.39. The lowest BCUT2D eigenvalue weighted by Gasteiger charge is -2.21. The van der Waals surface area contributed by atoms with E-state index in [1.54, 1.807) is 6.07 Å². The van der Waals surface area contributed by atoms with E-state index >= 15 is 0 Å². The van der Waals surface area contributed by atoms with Crippen LogP contribution in [0.1, 0.15) is 59.2 Å². The van der Waals surface area contributed by atoms with Gasteiger partial charge >= 0.3 is 12.2 Å². The van der Waals surface area contributed by atoms with Crippen molar-refractivity contribution >= 4 is 18.0 Å². The molecule has 1 fully saturated rings. The maximum absolute atomic E-state index is 12.2. The molecule has 2 atom stereocenters. The van der Waals surface area contributed by atoms with Gasteiger partial charge in [0.2, 0.25) is 0 Å². The number of ether oxygens (including phenoxy) is 2. The quantitative estimate of drug-likeness (QED) is 0.336. The number of aryl methyl sites for hydroxylation is 1. The number of likely N-dealkylation sites (tertiary alicyclic amines) is 1. The summed E-state index contributed by atoms with van der Waals surface area (Å²) < 4.78 is 10.7. The standard InChI is InChI=1S/C31H47N5O4/c1-30(2,3)39-28(37)33-18-19-36-21-24(26(22-36)32-17-11-14-23-12-8-7-9-13-23)20-25-15-10-16-27(34-25)35-29(38)40-31(4,5)6/h7-10,12-13,15-16,24,26,32H,11,14,17-22H2,1-6H3,(H,33,37)(H,34,35,38)/t24-,26-/m0/s1. The molecule has 2 aromatic rings. The first-order chi connectivity index (χ1) is 18.9. The van der Waals surface area contributed by atoms with Crippen molar-refractivity contribution in [3.63, 3.8) is 0 Å². The summed E-state index contributed by atoms with van der Waals surface area (Å²) in [6.45, 7) is 15.0. The van der Waals surface area contributed by atoms with Crippen molar-refractivity contribution < 1.29 is 19.1 Å². The van der Waals surface area contributed by atoms with Crippen molar-refractivity contribution in [2.75, 3.05) is 38.0 Å². The van der Waals surface area contributed by atoms with E-state index in [1.807, 2.05) is 59.7 Å². The first-order valence-electron chi connectivity index (χ1n) is 14.3. The van der Waals surface area contributed by atoms with E-state index in [-0.39, 0.29) is 0 Å². The molecule has 1 aliphatic rings. The number of nitrogens with zero attached hydrogens (tertiary/aromatic N) is 2. The SMILES string of the molecule is CC(C)(C)OC(=O)NCCN1C[C@H](Cc2cccc(NC(=O)OC(C)(C)C)n2)[C@@H](NCCCc2ccccc2)C1. The Morgan fingerprint density at radius 3 is 2.30 bits per heavy atom. The van der Waals surface area contributed by atoms with Gasteiger partial charge in [-0.15, -0.1) is 0 Å². The lowest BCUT2D eigenvalue weighted by molar-refractivity contribution is 0.0522. The van der Waals surface area contributed by atoms with E-state index in [9.17, 15) is 9.59 Å². The van der Waals surface area contributed by atoms with Crippen LogP contribution >= 0.6 is 0 Å². The van der Waals surface area contributed by atoms with Crippen LogP contribution in [0.3, 0.4) is 0 Å². The van der Waals surface area contributed by atoms with E-state index < -0.39 is 23.4 Å². The summed E-state index contributed by atoms with van der Waals surface area (Å²) in [5.41, 5.74) is 1.17. The molecular weight excluding hydrogens is 506 g/mol. The van der Waals surface area contributed by atoms with Crippen LogP contribution in [0, 0.1) is 5.92 Å². The second-order valence-electron chi connectivity index (χ2n) is 12.4. The van der Waals surface area contributed by atoms with Crippen molar-refractivity contribution in [1.82, 2.24) is 20.5 Å². The van der Waals surface area contributed by atoms with Crippen LogP contribution in [0.4, 0.5) is 15.4 Å². The van der Waals surface area contributed by atoms with Crippen molar-refractivity contribution in [3.05, 3.63) is 59.8 Å². The summed E-state index contributed by atoms with van der Waals surface area (Å²) in [5.74, 6) is 0.818. The molecule has 220 valence electrons. The average molecular weight is 554 g/mol. The second-order valence-corrected chi connectivity index (χ2v) is 12.4. The Kier molecular flexibility index (Phi) is 11.3. The van der Waals surface area contributed by atoms with Crippen LogP contribution in [-0.2, 0) is 22.3 Å². The Bertz CT molecular complexity index is 1080. The monoisotopic (exact) mass is 553 g/mol. The van der Waals surface area contributed by atoms with Crippen LogP contribution in [0.5, 0.6) is 0 Å². The largest absolute Gasteiger partial charge is 0.444 e. The summed E-state index contributed by atoms with van der Waals surface area (Å²) in [5, 5.41) is 9.40. The third-order valence-electron chi connectivity index (χ3n) is 6.41. The number of carbonyl (C=O) groups excluding carboxylic acids is 2. The predicted molar refractivity (Wildman–Crippen MR) is 159 cm³/mol. The van der Waals surface area contributed by atoms with Gasteiger partial charge in [-0.05, 0) is 91.0 Å². The van der Waals surface area contributed by atoms with E-state index in [4.69, 9.17) is 9.47 Å². The molecule has 0 spiro atoms. The van der Waals surface area contributed by atoms with Crippen LogP contribution in [0.25, 0.3) is 0 Å². The number of rotatable bonds is 11. The number of hydrogen-bond donors (Lipinski definition) is 3. The highest BCUT2D eigenvalue weighted by molar-refractivity contribution is 5.83. The fourth-order valence-corrected chi connectivity index (χ4v) is 4.78. The first kappa shape index (κ1) is 31.4. The maximum atomic E-state index is 12.2. The number of aromatic nitrogens is 1. The van der Waals surface area contributed by atoms with Crippen LogP contribution in [0.2, 0.25) is 0 Å². The molecule has 1 aromatic heterocycles. The number of nitrogens with one attached hydrogen (secondary N) is 3. The van der Waals surface area contributed by atoms with Crippen LogP contribution in [-0.4, -0.2) is 72.0 Å². The lowest BCUT2D eigenvalue weighted by atomic mass is 9.97. The Hall–Kier alpha value is -3.17. The molecule has 0 saturated carbocycles. The minimum Gasteiger partial charge on any atom is -0.444 e. The minimum atomic E-state index is -0.577. The number of carbonyl (C=O) groups is 2. The summed E-state index contributed by atoms with van der Waals surface area (Å²) in [4.78, 5) is 31.4. The summed E-state index contributed by atoms with van der Waals surface area (Å²) in [6.07, 6.45) is 1.96. The van der Waals surface area contributed by atoms with Gasteiger partial charge in [0, 0.05) is 37.9 Å². The topological polar surface area (TPSA) is 105 Å². The minimum absolute atomic E-state index is 0.293. The Balaban J connectivity index is 1.57. The van der Waals surface area contributed by atoms with Crippen LogP contribution in [0.15, 0.2) is 48.5 Å². The molecule has 3 N–H and O–H groups in total. The molecule has 0 aliphatic carbocycles. The molecule has 2 heterocycles. The predicted octanol–water partition coefficient (Wildman–Crippen LogP) is 5.02. The normalized spacial score (nSPS) is 17.9. The molecule has 3 rings (SSSR count). The zero-order chi connectivity index (χ0) is 29.2. The number of amides is 2. The first-order valence-corrected chi connectivity index (χ1v) is 14.3. The summed E-state index contributed by atoms with van der Waals surface area (Å²) >= 11 is 0. The van der Waals surface area contributed by atoms with Crippen molar-refractivity contribution in [3.8, 4) is 0 Å². The van der Waals surface area contributed by atoms with Crippen molar-refractivity contribution in [1.29, 1.82) is 0 Å². The van der Waals surface area contributed by atoms with Gasteiger partial charge in [0.15, 0.2) is 0 Å². The van der Waals surface area contributed by atoms with E-state index in [0.29, 0.717) is 24.3 Å². The zero-order valence-electron chi connectivity index (χ0n) is 25.0. The van der Waals surface area contributed by atoms with Gasteiger partial charge in [0.1, 0.15) is 17.0 Å². The number of alkyl carbamates (subject to hydrolysis) is 1. The third kappa shape index (κ3) is 11.9. The number of benzene rings is 1. The van der Waals surface area contributed by atoms with E-state index in [2.05, 4.69) is 50.1 Å². The van der Waals surface area contributed by atoms with E-state index in [1.165, 1.54) is 5.56 Å². The number of anilines is 1. The molecule has 9 heteroatoms. The highest BCUT2D eigenvalue weighted by atomic mass is 16.6. The fourth-order valence-electron chi connectivity index (χ4n) is 4.78. The fraction of sp³-hybridized carbons (Fsp3) is 0.581. The van der Waals surface area contributed by atoms with Gasteiger partial charge in [0.25, 0.3) is 0 Å². The molecule has 1 saturated heterocycles. The highest BCUT2D eigenvalue weighted by Crippen LogP contribution is 2.22. The molecule has 1 aliphatic heterocycles. The molecule has 2 amide bonds. The molecule has 1 aromatic carbocycles. The van der Waals surface area contributed by atoms with Gasteiger partial charge in [-0.1, -0.05) is 36.4 Å². The number of pyridine rings is 1. The van der Waals surface area contributed by atoms with Crippen molar-refractivity contribution in [2.24, 2.45) is 5.92 Å². The highest BCUT2D eigenvalue weighted by Gasteiger charge is 2.32. The molecule has 0 bridgehead atoms. The summed E-state index contributed by atoms with van der Waals surface area (Å²) in [7, 11) is 0. The molecule has 9 nitrogen and oxygen atoms in total. The smallest absolute Gasteiger partial charge is 0.413 e. The Morgan fingerprint density at radius 1 is 0.900 bits per heavy atom. The average Bonchev–Trinajstić information content (AvgIpc) is 3.21. The maximum Gasteiger partial charge on any atom is 0.413 e.